The fourth-order valence-electron chi connectivity index (χ4n) is 2.63. The summed E-state index contributed by atoms with van der Waals surface area (Å²) in [5.74, 6) is 1.16. The molecule has 2 aromatic rings. The van der Waals surface area contributed by atoms with E-state index in [9.17, 15) is 18.9 Å². The largest absolute Gasteiger partial charge is 0.331 e. The predicted molar refractivity (Wildman–Crippen MR) is 68.9 cm³/mol. The van der Waals surface area contributed by atoms with Crippen LogP contribution < -0.4 is 0 Å². The van der Waals surface area contributed by atoms with Crippen molar-refractivity contribution in [3.8, 4) is 0 Å². The van der Waals surface area contributed by atoms with Crippen molar-refractivity contribution in [2.24, 2.45) is 7.05 Å². The molecule has 1 aliphatic rings. The Hall–Kier alpha value is -2.05. The van der Waals surface area contributed by atoms with Crippen LogP contribution in [0, 0.1) is 10.1 Å². The minimum Gasteiger partial charge on any atom is -0.331 e. The molecule has 5 nitrogen and oxygen atoms in total. The monoisotopic (exact) mass is 281 g/mol. The Kier molecular flexibility index (Phi) is 2.92. The normalized spacial score (nSPS) is 15.8. The first-order valence-corrected chi connectivity index (χ1v) is 6.42. The van der Waals surface area contributed by atoms with Crippen molar-refractivity contribution in [3.63, 3.8) is 0 Å². The van der Waals surface area contributed by atoms with Gasteiger partial charge >= 0.3 is 0 Å². The fraction of sp³-hybridized carbons (Fsp3) is 0.462. The molecule has 1 aromatic heterocycles. The maximum absolute atomic E-state index is 13.0. The van der Waals surface area contributed by atoms with E-state index in [0.717, 1.165) is 31.2 Å². The van der Waals surface area contributed by atoms with Crippen LogP contribution in [0.5, 0.6) is 0 Å². The van der Waals surface area contributed by atoms with Crippen LogP contribution in [0.2, 0.25) is 0 Å². The number of imidazole rings is 1. The van der Waals surface area contributed by atoms with Crippen LogP contribution in [0.4, 0.5) is 14.5 Å². The number of nitro groups is 1. The number of hydrogen-bond acceptors (Lipinski definition) is 3. The van der Waals surface area contributed by atoms with Crippen molar-refractivity contribution >= 4 is 16.7 Å². The zero-order chi connectivity index (χ0) is 14.4. The molecule has 20 heavy (non-hydrogen) atoms. The summed E-state index contributed by atoms with van der Waals surface area (Å²) in [4.78, 5) is 14.5. The molecule has 7 heteroatoms. The Morgan fingerprint density at radius 2 is 2.15 bits per heavy atom. The highest BCUT2D eigenvalue weighted by Gasteiger charge is 2.28. The van der Waals surface area contributed by atoms with Gasteiger partial charge in [-0.1, -0.05) is 6.42 Å². The van der Waals surface area contributed by atoms with E-state index in [1.165, 1.54) is 6.07 Å². The number of alkyl halides is 2. The molecule has 0 saturated heterocycles. The summed E-state index contributed by atoms with van der Waals surface area (Å²) in [6.07, 6.45) is 0.319. The van der Waals surface area contributed by atoms with Gasteiger partial charge in [-0.05, 0) is 18.9 Å². The Morgan fingerprint density at radius 3 is 2.65 bits per heavy atom. The third kappa shape index (κ3) is 1.85. The van der Waals surface area contributed by atoms with Gasteiger partial charge < -0.3 is 4.57 Å². The van der Waals surface area contributed by atoms with E-state index in [1.54, 1.807) is 11.6 Å². The lowest BCUT2D eigenvalue weighted by Gasteiger charge is -2.24. The van der Waals surface area contributed by atoms with E-state index in [2.05, 4.69) is 4.98 Å². The number of aryl methyl sites for hydroxylation is 1. The van der Waals surface area contributed by atoms with Crippen LogP contribution in [0.15, 0.2) is 12.1 Å². The van der Waals surface area contributed by atoms with Gasteiger partial charge in [0.1, 0.15) is 5.82 Å². The van der Waals surface area contributed by atoms with E-state index >= 15 is 0 Å². The number of nitrogens with zero attached hydrogens (tertiary/aromatic N) is 3. The summed E-state index contributed by atoms with van der Waals surface area (Å²) in [7, 11) is 1.77. The first-order valence-electron chi connectivity index (χ1n) is 6.42. The van der Waals surface area contributed by atoms with Gasteiger partial charge in [-0.3, -0.25) is 10.1 Å². The Bertz CT molecular complexity index is 692. The molecule has 0 amide bonds. The molecule has 3 rings (SSSR count). The van der Waals surface area contributed by atoms with Crippen LogP contribution >= 0.6 is 0 Å². The lowest BCUT2D eigenvalue weighted by Crippen LogP contribution is -2.13. The van der Waals surface area contributed by atoms with Gasteiger partial charge in [0, 0.05) is 19.0 Å². The summed E-state index contributed by atoms with van der Waals surface area (Å²) in [6.45, 7) is 0. The van der Waals surface area contributed by atoms with Crippen LogP contribution in [-0.4, -0.2) is 14.5 Å². The molecule has 1 aromatic carbocycles. The number of nitro benzene ring substituents is 1. The SMILES string of the molecule is Cn1c(C2CCC2)nc2cc([N+](=O)[O-])c(C(F)F)cc21. The fourth-order valence-corrected chi connectivity index (χ4v) is 2.63. The molecule has 0 unspecified atom stereocenters. The highest BCUT2D eigenvalue weighted by molar-refractivity contribution is 5.80. The first kappa shape index (κ1) is 13.0. The van der Waals surface area contributed by atoms with Crippen LogP contribution in [-0.2, 0) is 7.05 Å². The van der Waals surface area contributed by atoms with Crippen molar-refractivity contribution in [1.29, 1.82) is 0 Å². The molecular formula is C13H13F2N3O2. The van der Waals surface area contributed by atoms with E-state index in [0.29, 0.717) is 17.0 Å². The van der Waals surface area contributed by atoms with E-state index in [4.69, 9.17) is 0 Å². The highest BCUT2D eigenvalue weighted by atomic mass is 19.3. The van der Waals surface area contributed by atoms with Crippen LogP contribution in [0.3, 0.4) is 0 Å². The summed E-state index contributed by atoms with van der Waals surface area (Å²) < 4.78 is 27.7. The summed E-state index contributed by atoms with van der Waals surface area (Å²) in [5, 5.41) is 10.9. The van der Waals surface area contributed by atoms with Gasteiger partial charge in [-0.25, -0.2) is 13.8 Å². The van der Waals surface area contributed by atoms with Crippen molar-refractivity contribution in [1.82, 2.24) is 9.55 Å². The number of benzene rings is 1. The Morgan fingerprint density at radius 1 is 1.45 bits per heavy atom. The average molecular weight is 281 g/mol. The van der Waals surface area contributed by atoms with E-state index < -0.39 is 22.6 Å². The molecule has 1 fully saturated rings. The molecule has 1 aliphatic carbocycles. The quantitative estimate of drug-likeness (QED) is 0.636. The number of rotatable bonds is 3. The Balaban J connectivity index is 2.22. The summed E-state index contributed by atoms with van der Waals surface area (Å²) >= 11 is 0. The topological polar surface area (TPSA) is 61.0 Å². The van der Waals surface area contributed by atoms with Gasteiger partial charge in [-0.15, -0.1) is 0 Å². The lowest BCUT2D eigenvalue weighted by molar-refractivity contribution is -0.386. The Labute approximate surface area is 113 Å². The molecule has 106 valence electrons. The molecule has 0 N–H and O–H groups in total. The van der Waals surface area contributed by atoms with Gasteiger partial charge in [0.05, 0.1) is 21.5 Å². The first-order chi connectivity index (χ1) is 9.49. The third-order valence-corrected chi connectivity index (χ3v) is 3.97. The third-order valence-electron chi connectivity index (χ3n) is 3.97. The van der Waals surface area contributed by atoms with Crippen LogP contribution in [0.25, 0.3) is 11.0 Å². The standard InChI is InChI=1S/C13H13F2N3O2/c1-17-11-5-8(12(14)15)10(18(19)20)6-9(11)16-13(17)7-3-2-4-7/h5-7,12H,2-4H2,1H3. The van der Waals surface area contributed by atoms with E-state index in [1.807, 2.05) is 0 Å². The predicted octanol–water partition coefficient (Wildman–Crippen LogP) is 3.69. The summed E-state index contributed by atoms with van der Waals surface area (Å²) in [6, 6.07) is 2.34. The average Bonchev–Trinajstić information content (AvgIpc) is 2.63. The second-order valence-electron chi connectivity index (χ2n) is 5.11. The maximum Gasteiger partial charge on any atom is 0.280 e. The van der Waals surface area contributed by atoms with Gasteiger partial charge in [-0.2, -0.15) is 0 Å². The second kappa shape index (κ2) is 4.50. The van der Waals surface area contributed by atoms with Gasteiger partial charge in [0.25, 0.3) is 12.1 Å². The highest BCUT2D eigenvalue weighted by Crippen LogP contribution is 2.38. The van der Waals surface area contributed by atoms with Gasteiger partial charge in [0.2, 0.25) is 0 Å². The van der Waals surface area contributed by atoms with Crippen molar-refractivity contribution < 1.29 is 13.7 Å². The molecule has 0 atom stereocenters. The molecule has 0 spiro atoms. The molecule has 1 heterocycles. The smallest absolute Gasteiger partial charge is 0.280 e. The van der Waals surface area contributed by atoms with Crippen molar-refractivity contribution in [2.45, 2.75) is 31.6 Å². The van der Waals surface area contributed by atoms with Crippen molar-refractivity contribution in [2.75, 3.05) is 0 Å². The number of halogens is 2. The molecular weight excluding hydrogens is 268 g/mol. The second-order valence-corrected chi connectivity index (χ2v) is 5.11. The maximum atomic E-state index is 13.0. The minimum absolute atomic E-state index is 0.335. The minimum atomic E-state index is -2.87. The van der Waals surface area contributed by atoms with Gasteiger partial charge in [0.15, 0.2) is 0 Å². The van der Waals surface area contributed by atoms with E-state index in [-0.39, 0.29) is 0 Å². The number of hydrogen-bond donors (Lipinski definition) is 0. The van der Waals surface area contributed by atoms with Crippen LogP contribution in [0.1, 0.15) is 43.0 Å². The molecule has 0 aliphatic heterocycles. The summed E-state index contributed by atoms with van der Waals surface area (Å²) in [5.41, 5.74) is -0.185. The zero-order valence-corrected chi connectivity index (χ0v) is 10.8. The molecule has 0 bridgehead atoms. The molecule has 1 saturated carbocycles. The number of aromatic nitrogens is 2. The molecule has 0 radical (unpaired) electrons. The van der Waals surface area contributed by atoms with Crippen molar-refractivity contribution in [3.05, 3.63) is 33.6 Å². The zero-order valence-electron chi connectivity index (χ0n) is 10.8. The number of fused-ring (bicyclic) bond motifs is 1. The lowest BCUT2D eigenvalue weighted by atomic mass is 9.85.